The smallest absolute Gasteiger partial charge is 0.332 e. The zero-order valence-corrected chi connectivity index (χ0v) is 24.1. The van der Waals surface area contributed by atoms with Crippen LogP contribution in [0.1, 0.15) is 17.5 Å². The Morgan fingerprint density at radius 1 is 0.929 bits per heavy atom. The first kappa shape index (κ1) is 27.5. The number of hydrogen-bond acceptors (Lipinski definition) is 8. The normalized spacial score (nSPS) is 18.0. The molecule has 0 saturated carbocycles. The Bertz CT molecular complexity index is 1810. The Balaban J connectivity index is 1.28. The lowest BCUT2D eigenvalue weighted by molar-refractivity contribution is -0.123. The highest BCUT2D eigenvalue weighted by Gasteiger charge is 2.43. The van der Waals surface area contributed by atoms with Gasteiger partial charge in [0.05, 0.1) is 31.8 Å². The number of amides is 2. The van der Waals surface area contributed by atoms with Crippen LogP contribution < -0.4 is 25.8 Å². The molecule has 0 spiro atoms. The van der Waals surface area contributed by atoms with Gasteiger partial charge in [-0.3, -0.25) is 33.0 Å². The van der Waals surface area contributed by atoms with Gasteiger partial charge in [-0.15, -0.1) is 0 Å². The van der Waals surface area contributed by atoms with Crippen LogP contribution in [0, 0.1) is 6.92 Å². The molecule has 2 saturated heterocycles. The molecule has 4 heterocycles. The highest BCUT2D eigenvalue weighted by molar-refractivity contribution is 6.22. The molecule has 0 aliphatic carbocycles. The Hall–Kier alpha value is -4.71. The van der Waals surface area contributed by atoms with Crippen molar-refractivity contribution in [2.75, 3.05) is 43.1 Å². The summed E-state index contributed by atoms with van der Waals surface area (Å²) in [5, 5.41) is 0. The number of piperazine rings is 1. The van der Waals surface area contributed by atoms with E-state index in [4.69, 9.17) is 9.72 Å². The van der Waals surface area contributed by atoms with Crippen molar-refractivity contribution in [3.63, 3.8) is 0 Å². The van der Waals surface area contributed by atoms with E-state index >= 15 is 0 Å². The van der Waals surface area contributed by atoms with E-state index in [9.17, 15) is 19.2 Å². The number of carbonyl (C=O) groups excluding carboxylic acids is 2. The zero-order chi connectivity index (χ0) is 29.7. The molecule has 2 aromatic heterocycles. The van der Waals surface area contributed by atoms with Crippen LogP contribution in [0.15, 0.2) is 58.1 Å². The van der Waals surface area contributed by atoms with E-state index in [0.717, 1.165) is 15.7 Å². The molecular weight excluding hydrogens is 538 g/mol. The van der Waals surface area contributed by atoms with E-state index in [1.165, 1.54) is 16.5 Å². The molecule has 218 valence electrons. The zero-order valence-electron chi connectivity index (χ0n) is 24.1. The van der Waals surface area contributed by atoms with Crippen LogP contribution in [0.25, 0.3) is 11.2 Å². The molecule has 0 bridgehead atoms. The van der Waals surface area contributed by atoms with E-state index < -0.39 is 17.3 Å². The molecular formula is C30H33N7O5. The van der Waals surface area contributed by atoms with E-state index in [2.05, 4.69) is 4.90 Å². The number of imidazole rings is 1. The molecule has 1 unspecified atom stereocenters. The van der Waals surface area contributed by atoms with Gasteiger partial charge in [0.2, 0.25) is 11.9 Å². The number of aromatic nitrogens is 4. The molecule has 42 heavy (non-hydrogen) atoms. The number of nitrogens with zero attached hydrogens (tertiary/aromatic N) is 7. The van der Waals surface area contributed by atoms with E-state index in [0.29, 0.717) is 61.3 Å². The summed E-state index contributed by atoms with van der Waals surface area (Å²) in [5.41, 5.74) is 2.50. The van der Waals surface area contributed by atoms with Gasteiger partial charge in [0.25, 0.3) is 11.5 Å². The van der Waals surface area contributed by atoms with Crippen LogP contribution >= 0.6 is 0 Å². The SMILES string of the molecule is COc1cccc(N2C(=O)CC(N3CCN(c4nc5c(c(=O)n(C)c(=O)n5C)n4Cc4ccc(C)cc4)CC3)C2=O)c1. The standard InChI is InChI=1S/C30H33N7O5/c1-19-8-10-20(11-9-19)18-36-25-26(32(2)30(41)33(3)28(25)40)31-29(36)35-14-12-34(13-15-35)23-17-24(38)37(27(23)39)21-6-5-7-22(16-21)42-4/h5-11,16,23H,12-15,17-18H2,1-4H3. The maximum absolute atomic E-state index is 13.4. The van der Waals surface area contributed by atoms with Crippen molar-refractivity contribution in [3.05, 3.63) is 80.5 Å². The molecule has 4 aromatic rings. The number of anilines is 2. The molecule has 2 fully saturated rings. The summed E-state index contributed by atoms with van der Waals surface area (Å²) < 4.78 is 9.66. The Kier molecular flexibility index (Phi) is 6.93. The summed E-state index contributed by atoms with van der Waals surface area (Å²) in [6.45, 7) is 4.54. The number of ether oxygens (including phenoxy) is 1. The maximum Gasteiger partial charge on any atom is 0.332 e. The van der Waals surface area contributed by atoms with Crippen molar-refractivity contribution < 1.29 is 14.3 Å². The molecule has 12 heteroatoms. The van der Waals surface area contributed by atoms with Gasteiger partial charge in [-0.05, 0) is 24.6 Å². The number of carbonyl (C=O) groups is 2. The van der Waals surface area contributed by atoms with Gasteiger partial charge in [-0.25, -0.2) is 9.69 Å². The third-order valence-corrected chi connectivity index (χ3v) is 8.26. The van der Waals surface area contributed by atoms with E-state index in [1.807, 2.05) is 40.7 Å². The summed E-state index contributed by atoms with van der Waals surface area (Å²) in [5.74, 6) is 0.686. The molecule has 0 N–H and O–H groups in total. The number of imide groups is 1. The predicted octanol–water partition coefficient (Wildman–Crippen LogP) is 1.25. The second-order valence-corrected chi connectivity index (χ2v) is 10.9. The van der Waals surface area contributed by atoms with Crippen LogP contribution in [0.3, 0.4) is 0 Å². The monoisotopic (exact) mass is 571 g/mol. The first-order chi connectivity index (χ1) is 20.2. The summed E-state index contributed by atoms with van der Waals surface area (Å²) >= 11 is 0. The van der Waals surface area contributed by atoms with Crippen molar-refractivity contribution in [1.29, 1.82) is 0 Å². The van der Waals surface area contributed by atoms with Crippen LogP contribution in [-0.4, -0.2) is 74.7 Å². The lowest BCUT2D eigenvalue weighted by atomic mass is 10.1. The number of methoxy groups -OCH3 is 1. The summed E-state index contributed by atoms with van der Waals surface area (Å²) in [7, 11) is 4.63. The number of rotatable bonds is 6. The molecule has 2 aromatic carbocycles. The van der Waals surface area contributed by atoms with Gasteiger partial charge in [0.1, 0.15) is 5.75 Å². The van der Waals surface area contributed by atoms with Crippen molar-refractivity contribution in [3.8, 4) is 5.75 Å². The lowest BCUT2D eigenvalue weighted by Gasteiger charge is -2.37. The minimum absolute atomic E-state index is 0.111. The van der Waals surface area contributed by atoms with Crippen molar-refractivity contribution >= 4 is 34.6 Å². The number of hydrogen-bond donors (Lipinski definition) is 0. The van der Waals surface area contributed by atoms with E-state index in [1.54, 1.807) is 38.4 Å². The molecule has 12 nitrogen and oxygen atoms in total. The first-order valence-corrected chi connectivity index (χ1v) is 13.9. The fourth-order valence-electron chi connectivity index (χ4n) is 5.86. The first-order valence-electron chi connectivity index (χ1n) is 13.9. The van der Waals surface area contributed by atoms with Crippen LogP contribution in [0.2, 0.25) is 0 Å². The fraction of sp³-hybridized carbons (Fsp3) is 0.367. The number of fused-ring (bicyclic) bond motifs is 1. The third kappa shape index (κ3) is 4.57. The van der Waals surface area contributed by atoms with Crippen LogP contribution in [0.4, 0.5) is 11.6 Å². The number of aryl methyl sites for hydroxylation is 2. The van der Waals surface area contributed by atoms with Crippen LogP contribution in [0.5, 0.6) is 5.75 Å². The summed E-state index contributed by atoms with van der Waals surface area (Å²) in [6, 6.07) is 14.5. The quantitative estimate of drug-likeness (QED) is 0.318. The predicted molar refractivity (Wildman–Crippen MR) is 158 cm³/mol. The second-order valence-electron chi connectivity index (χ2n) is 10.9. The van der Waals surface area contributed by atoms with Gasteiger partial charge in [0, 0.05) is 46.3 Å². The number of benzene rings is 2. The minimum Gasteiger partial charge on any atom is -0.497 e. The molecule has 1 atom stereocenters. The van der Waals surface area contributed by atoms with Gasteiger partial charge < -0.3 is 9.64 Å². The second kappa shape index (κ2) is 10.6. The van der Waals surface area contributed by atoms with Gasteiger partial charge in [0.15, 0.2) is 11.2 Å². The van der Waals surface area contributed by atoms with Crippen molar-refractivity contribution in [1.82, 2.24) is 23.6 Å². The molecule has 2 aliphatic rings. The maximum atomic E-state index is 13.4. The summed E-state index contributed by atoms with van der Waals surface area (Å²) in [6.07, 6.45) is 0.111. The van der Waals surface area contributed by atoms with Crippen molar-refractivity contribution in [2.45, 2.75) is 25.9 Å². The fourth-order valence-corrected chi connectivity index (χ4v) is 5.86. The molecule has 0 radical (unpaired) electrons. The highest BCUT2D eigenvalue weighted by atomic mass is 16.5. The average molecular weight is 572 g/mol. The van der Waals surface area contributed by atoms with Gasteiger partial charge >= 0.3 is 5.69 Å². The highest BCUT2D eigenvalue weighted by Crippen LogP contribution is 2.30. The van der Waals surface area contributed by atoms with Gasteiger partial charge in [-0.1, -0.05) is 35.9 Å². The average Bonchev–Trinajstić information content (AvgIpc) is 3.52. The Morgan fingerprint density at radius 3 is 2.33 bits per heavy atom. The molecule has 2 aliphatic heterocycles. The Labute approximate surface area is 241 Å². The largest absolute Gasteiger partial charge is 0.497 e. The molecule has 6 rings (SSSR count). The minimum atomic E-state index is -0.551. The van der Waals surface area contributed by atoms with Crippen LogP contribution in [-0.2, 0) is 30.2 Å². The third-order valence-electron chi connectivity index (χ3n) is 8.26. The van der Waals surface area contributed by atoms with Gasteiger partial charge in [-0.2, -0.15) is 4.98 Å². The van der Waals surface area contributed by atoms with E-state index in [-0.39, 0.29) is 18.2 Å². The summed E-state index contributed by atoms with van der Waals surface area (Å²) in [4.78, 5) is 62.6. The topological polar surface area (TPSA) is 115 Å². The molecule has 2 amide bonds. The Morgan fingerprint density at radius 2 is 1.64 bits per heavy atom. The van der Waals surface area contributed by atoms with Crippen molar-refractivity contribution in [2.24, 2.45) is 14.1 Å². The lowest BCUT2D eigenvalue weighted by Crippen LogP contribution is -2.53.